The van der Waals surface area contributed by atoms with Gasteiger partial charge in [0, 0.05) is 0 Å². The van der Waals surface area contributed by atoms with Crippen LogP contribution >= 0.6 is 0 Å². The van der Waals surface area contributed by atoms with Gasteiger partial charge in [0.05, 0.1) is 19.8 Å². The summed E-state index contributed by atoms with van der Waals surface area (Å²) in [4.78, 5) is 0. The predicted molar refractivity (Wildman–Crippen MR) is 97.9 cm³/mol. The quantitative estimate of drug-likeness (QED) is 0.163. The summed E-state index contributed by atoms with van der Waals surface area (Å²) in [6, 6.07) is 0. The minimum atomic E-state index is -1.89. The Morgan fingerprint density at radius 3 is 1.88 bits per heavy atom. The van der Waals surface area contributed by atoms with Crippen molar-refractivity contribution in [2.24, 2.45) is 0 Å². The van der Waals surface area contributed by atoms with Crippen LogP contribution in [-0.4, -0.2) is 158 Å². The van der Waals surface area contributed by atoms with Crippen LogP contribution in [0.25, 0.3) is 0 Å². The van der Waals surface area contributed by atoms with E-state index in [0.29, 0.717) is 0 Å². The molecule has 192 valence electrons. The summed E-state index contributed by atoms with van der Waals surface area (Å²) >= 11 is 0. The van der Waals surface area contributed by atoms with Gasteiger partial charge in [-0.25, -0.2) is 0 Å². The van der Waals surface area contributed by atoms with Crippen LogP contribution < -0.4 is 0 Å². The SMILES string of the molecule is OC[C@H]1O[C@H](OC[C@H]2O[C@H](O[C@]3(CO)O[C@@H]4CO[C@H]3[C@@H]4O)[C@H](O)[C@@H](O)[C@@H]2O)[C@H](O)[C@@H](O)[C@H]1O. The Morgan fingerprint density at radius 2 is 1.33 bits per heavy atom. The van der Waals surface area contributed by atoms with E-state index in [1.54, 1.807) is 0 Å². The van der Waals surface area contributed by atoms with Crippen molar-refractivity contribution in [3.05, 3.63) is 0 Å². The second-order valence-electron chi connectivity index (χ2n) is 8.53. The van der Waals surface area contributed by atoms with Crippen molar-refractivity contribution in [1.29, 1.82) is 0 Å². The van der Waals surface area contributed by atoms with Gasteiger partial charge in [-0.2, -0.15) is 0 Å². The van der Waals surface area contributed by atoms with E-state index in [1.165, 1.54) is 0 Å². The Hall–Kier alpha value is -0.600. The van der Waals surface area contributed by atoms with Crippen molar-refractivity contribution in [3.63, 3.8) is 0 Å². The summed E-state index contributed by atoms with van der Waals surface area (Å²) in [5.74, 6) is -1.89. The zero-order valence-electron chi connectivity index (χ0n) is 17.3. The highest BCUT2D eigenvalue weighted by atomic mass is 16.8. The highest BCUT2D eigenvalue weighted by Gasteiger charge is 2.63. The molecule has 2 bridgehead atoms. The van der Waals surface area contributed by atoms with Gasteiger partial charge < -0.3 is 74.4 Å². The van der Waals surface area contributed by atoms with E-state index < -0.39 is 105 Å². The lowest BCUT2D eigenvalue weighted by Crippen LogP contribution is -2.64. The third kappa shape index (κ3) is 4.42. The molecule has 4 rings (SSSR count). The van der Waals surface area contributed by atoms with Gasteiger partial charge in [-0.1, -0.05) is 0 Å². The molecule has 0 unspecified atom stereocenters. The van der Waals surface area contributed by atoms with Crippen molar-refractivity contribution in [1.82, 2.24) is 0 Å². The maximum absolute atomic E-state index is 10.3. The van der Waals surface area contributed by atoms with E-state index in [0.717, 1.165) is 0 Å². The maximum Gasteiger partial charge on any atom is 0.224 e. The van der Waals surface area contributed by atoms with Crippen LogP contribution in [0.1, 0.15) is 0 Å². The Bertz CT molecular complexity index is 667. The molecular weight excluding hydrogens is 456 g/mol. The molecule has 15 heteroatoms. The van der Waals surface area contributed by atoms with Gasteiger partial charge in [-0.3, -0.25) is 0 Å². The molecule has 0 amide bonds. The van der Waals surface area contributed by atoms with E-state index in [4.69, 9.17) is 28.4 Å². The molecule has 14 atom stereocenters. The largest absolute Gasteiger partial charge is 0.394 e. The van der Waals surface area contributed by atoms with Crippen molar-refractivity contribution in [2.75, 3.05) is 26.4 Å². The lowest BCUT2D eigenvalue weighted by molar-refractivity contribution is -0.399. The number of hydrogen-bond donors (Lipinski definition) is 9. The van der Waals surface area contributed by atoms with Crippen LogP contribution in [0.2, 0.25) is 0 Å². The first kappa shape index (κ1) is 25.5. The van der Waals surface area contributed by atoms with Gasteiger partial charge in [0.15, 0.2) is 12.6 Å². The van der Waals surface area contributed by atoms with Crippen LogP contribution in [0, 0.1) is 0 Å². The Kier molecular flexibility index (Phi) is 7.57. The van der Waals surface area contributed by atoms with Gasteiger partial charge in [0.25, 0.3) is 0 Å². The number of aliphatic hydroxyl groups excluding tert-OH is 9. The van der Waals surface area contributed by atoms with Crippen LogP contribution in [-0.2, 0) is 28.4 Å². The predicted octanol–water partition coefficient (Wildman–Crippen LogP) is -6.53. The van der Waals surface area contributed by atoms with Gasteiger partial charge in [0.2, 0.25) is 5.79 Å². The van der Waals surface area contributed by atoms with Crippen molar-refractivity contribution in [3.8, 4) is 0 Å². The molecular formula is C18H30O15. The van der Waals surface area contributed by atoms with E-state index >= 15 is 0 Å². The van der Waals surface area contributed by atoms with Crippen LogP contribution in [0.3, 0.4) is 0 Å². The first-order valence-corrected chi connectivity index (χ1v) is 10.5. The van der Waals surface area contributed by atoms with Crippen molar-refractivity contribution < 1.29 is 74.4 Å². The maximum atomic E-state index is 10.3. The third-order valence-corrected chi connectivity index (χ3v) is 6.39. The molecule has 4 aliphatic rings. The average Bonchev–Trinajstić information content (AvgIpc) is 3.30. The van der Waals surface area contributed by atoms with Crippen molar-refractivity contribution >= 4 is 0 Å². The summed E-state index contributed by atoms with van der Waals surface area (Å²) in [5, 5.41) is 89.8. The Balaban J connectivity index is 1.42. The second-order valence-corrected chi connectivity index (χ2v) is 8.53. The van der Waals surface area contributed by atoms with Gasteiger partial charge in [-0.05, 0) is 0 Å². The standard InChI is InChI=1S/C18H30O15/c19-1-5-8(21)11(24)13(26)16(30-5)29-2-6-9(22)12(25)14(27)17(31-6)33-18(4-20)15-10(23)7(32-18)3-28-15/h5-17,19-27H,1-4H2/t5-,6-,7-,8+,9-,10-,11+,12+,13-,14-,15+,16+,17-,18+/m1/s1. The van der Waals surface area contributed by atoms with Crippen LogP contribution in [0.5, 0.6) is 0 Å². The first-order valence-electron chi connectivity index (χ1n) is 10.5. The zero-order valence-corrected chi connectivity index (χ0v) is 17.3. The van der Waals surface area contributed by atoms with Gasteiger partial charge in [0.1, 0.15) is 73.8 Å². The first-order chi connectivity index (χ1) is 15.6. The molecule has 0 aromatic heterocycles. The third-order valence-electron chi connectivity index (χ3n) is 6.39. The molecule has 0 radical (unpaired) electrons. The fraction of sp³-hybridized carbons (Fsp3) is 1.00. The van der Waals surface area contributed by atoms with Crippen molar-refractivity contribution in [2.45, 2.75) is 85.5 Å². The normalized spacial score (nSPS) is 54.6. The van der Waals surface area contributed by atoms with Crippen LogP contribution in [0.4, 0.5) is 0 Å². The number of hydrogen-bond acceptors (Lipinski definition) is 15. The molecule has 4 heterocycles. The Labute approximate surface area is 187 Å². The number of fused-ring (bicyclic) bond motifs is 2. The zero-order chi connectivity index (χ0) is 24.1. The fourth-order valence-electron chi connectivity index (χ4n) is 4.41. The summed E-state index contributed by atoms with van der Waals surface area (Å²) in [6.07, 6.45) is -19.0. The van der Waals surface area contributed by atoms with Crippen LogP contribution in [0.15, 0.2) is 0 Å². The number of rotatable bonds is 7. The minimum Gasteiger partial charge on any atom is -0.394 e. The molecule has 0 spiro atoms. The number of ether oxygens (including phenoxy) is 6. The minimum absolute atomic E-state index is 0.0714. The van der Waals surface area contributed by atoms with E-state index in [9.17, 15) is 46.0 Å². The molecule has 0 aliphatic carbocycles. The molecule has 0 saturated carbocycles. The second kappa shape index (κ2) is 9.81. The van der Waals surface area contributed by atoms with E-state index in [2.05, 4.69) is 0 Å². The summed E-state index contributed by atoms with van der Waals surface area (Å²) in [6.45, 7) is -1.93. The number of aliphatic hydroxyl groups is 9. The van der Waals surface area contributed by atoms with E-state index in [-0.39, 0.29) is 6.61 Å². The molecule has 0 aromatic rings. The average molecular weight is 486 g/mol. The molecule has 0 aromatic carbocycles. The Morgan fingerprint density at radius 1 is 0.727 bits per heavy atom. The summed E-state index contributed by atoms with van der Waals surface area (Å²) in [5.41, 5.74) is 0. The summed E-state index contributed by atoms with van der Waals surface area (Å²) < 4.78 is 32.5. The molecule has 4 saturated heterocycles. The topological polar surface area (TPSA) is 237 Å². The fourth-order valence-corrected chi connectivity index (χ4v) is 4.41. The molecule has 4 aliphatic heterocycles. The highest BCUT2D eigenvalue weighted by molar-refractivity contribution is 5.03. The highest BCUT2D eigenvalue weighted by Crippen LogP contribution is 2.41. The molecule has 33 heavy (non-hydrogen) atoms. The smallest absolute Gasteiger partial charge is 0.224 e. The monoisotopic (exact) mass is 486 g/mol. The van der Waals surface area contributed by atoms with Gasteiger partial charge in [-0.15, -0.1) is 0 Å². The molecule has 9 N–H and O–H groups in total. The lowest BCUT2D eigenvalue weighted by Gasteiger charge is -2.45. The molecule has 4 fully saturated rings. The lowest BCUT2D eigenvalue weighted by atomic mass is 9.98. The summed E-state index contributed by atoms with van der Waals surface area (Å²) in [7, 11) is 0. The molecule has 15 nitrogen and oxygen atoms in total. The van der Waals surface area contributed by atoms with Gasteiger partial charge >= 0.3 is 0 Å². The van der Waals surface area contributed by atoms with E-state index in [1.807, 2.05) is 0 Å².